The molecule has 1 aliphatic rings. The molecule has 1 aliphatic heterocycles. The van der Waals surface area contributed by atoms with Crippen LogP contribution in [0.4, 0.5) is 5.69 Å². The van der Waals surface area contributed by atoms with Crippen molar-refractivity contribution >= 4 is 27.5 Å². The zero-order valence-electron chi connectivity index (χ0n) is 9.08. The lowest BCUT2D eigenvalue weighted by molar-refractivity contribution is 0.0723. The fourth-order valence-corrected chi connectivity index (χ4v) is 2.54. The van der Waals surface area contributed by atoms with E-state index in [-0.39, 0.29) is 5.91 Å². The van der Waals surface area contributed by atoms with E-state index < -0.39 is 0 Å². The maximum atomic E-state index is 12.2. The third-order valence-corrected chi connectivity index (χ3v) is 3.52. The minimum absolute atomic E-state index is 0.103. The Balaban J connectivity index is 2.19. The van der Waals surface area contributed by atoms with Gasteiger partial charge in [0.1, 0.15) is 0 Å². The van der Waals surface area contributed by atoms with Gasteiger partial charge < -0.3 is 10.6 Å². The summed E-state index contributed by atoms with van der Waals surface area (Å²) in [5, 5.41) is 0. The Morgan fingerprint density at radius 2 is 1.94 bits per heavy atom. The molecule has 16 heavy (non-hydrogen) atoms. The fraction of sp³-hybridized carbons (Fsp3) is 0.417. The normalized spacial score (nSPS) is 16.2. The van der Waals surface area contributed by atoms with Gasteiger partial charge in [-0.05, 0) is 53.4 Å². The Bertz CT molecular complexity index is 400. The number of nitrogens with two attached hydrogens (primary N) is 1. The Morgan fingerprint density at radius 1 is 1.25 bits per heavy atom. The molecule has 1 aromatic carbocycles. The molecule has 0 aliphatic carbocycles. The molecule has 1 saturated heterocycles. The zero-order valence-corrected chi connectivity index (χ0v) is 10.7. The number of rotatable bonds is 1. The van der Waals surface area contributed by atoms with E-state index in [0.29, 0.717) is 11.3 Å². The van der Waals surface area contributed by atoms with Crippen molar-refractivity contribution < 1.29 is 4.79 Å². The van der Waals surface area contributed by atoms with Crippen LogP contribution in [0.5, 0.6) is 0 Å². The van der Waals surface area contributed by atoms with E-state index in [2.05, 4.69) is 15.9 Å². The number of anilines is 1. The summed E-state index contributed by atoms with van der Waals surface area (Å²) >= 11 is 3.39. The Hall–Kier alpha value is -1.03. The van der Waals surface area contributed by atoms with Gasteiger partial charge in [-0.2, -0.15) is 0 Å². The molecule has 1 heterocycles. The van der Waals surface area contributed by atoms with Crippen molar-refractivity contribution in [2.45, 2.75) is 19.3 Å². The van der Waals surface area contributed by atoms with Gasteiger partial charge in [-0.1, -0.05) is 0 Å². The molecule has 2 N–H and O–H groups in total. The number of amides is 1. The van der Waals surface area contributed by atoms with Crippen LogP contribution in [0.15, 0.2) is 22.7 Å². The van der Waals surface area contributed by atoms with Crippen LogP contribution in [0.1, 0.15) is 29.6 Å². The van der Waals surface area contributed by atoms with Crippen molar-refractivity contribution in [2.75, 3.05) is 18.8 Å². The lowest BCUT2D eigenvalue weighted by Crippen LogP contribution is -2.35. The number of nitrogen functional groups attached to an aromatic ring is 1. The maximum absolute atomic E-state index is 12.2. The summed E-state index contributed by atoms with van der Waals surface area (Å²) in [4.78, 5) is 14.1. The predicted octanol–water partition coefficient (Wildman–Crippen LogP) is 2.66. The number of nitrogens with zero attached hydrogens (tertiary/aromatic N) is 1. The molecule has 0 spiro atoms. The molecule has 0 bridgehead atoms. The van der Waals surface area contributed by atoms with Crippen LogP contribution in [0, 0.1) is 0 Å². The molecule has 4 heteroatoms. The molecule has 86 valence electrons. The first-order valence-corrected chi connectivity index (χ1v) is 6.32. The van der Waals surface area contributed by atoms with Crippen molar-refractivity contribution in [1.82, 2.24) is 4.90 Å². The molecule has 0 atom stereocenters. The summed E-state index contributed by atoms with van der Waals surface area (Å²) in [5.41, 5.74) is 7.02. The smallest absolute Gasteiger partial charge is 0.254 e. The van der Waals surface area contributed by atoms with Gasteiger partial charge >= 0.3 is 0 Å². The number of carbonyl (C=O) groups is 1. The molecule has 0 unspecified atom stereocenters. The number of carbonyl (C=O) groups excluding carboxylic acids is 1. The molecule has 0 saturated carbocycles. The topological polar surface area (TPSA) is 46.3 Å². The average Bonchev–Trinajstić information content (AvgIpc) is 2.29. The quantitative estimate of drug-likeness (QED) is 0.805. The van der Waals surface area contributed by atoms with E-state index in [0.717, 1.165) is 30.4 Å². The summed E-state index contributed by atoms with van der Waals surface area (Å²) in [6.45, 7) is 1.74. The number of likely N-dealkylation sites (tertiary alicyclic amines) is 1. The molecule has 0 aromatic heterocycles. The average molecular weight is 283 g/mol. The lowest BCUT2D eigenvalue weighted by atomic mass is 10.1. The van der Waals surface area contributed by atoms with Gasteiger partial charge in [0.05, 0.1) is 5.56 Å². The summed E-state index contributed by atoms with van der Waals surface area (Å²) in [5.74, 6) is 0.103. The minimum Gasteiger partial charge on any atom is -0.399 e. The first kappa shape index (κ1) is 11.5. The van der Waals surface area contributed by atoms with E-state index in [1.165, 1.54) is 6.42 Å². The van der Waals surface area contributed by atoms with Crippen LogP contribution in [0.3, 0.4) is 0 Å². The molecule has 1 amide bonds. The molecule has 3 nitrogen and oxygen atoms in total. The highest BCUT2D eigenvalue weighted by molar-refractivity contribution is 9.10. The van der Waals surface area contributed by atoms with Crippen molar-refractivity contribution in [3.05, 3.63) is 28.2 Å². The zero-order chi connectivity index (χ0) is 11.5. The summed E-state index contributed by atoms with van der Waals surface area (Å²) < 4.78 is 0.781. The second-order valence-corrected chi connectivity index (χ2v) is 4.95. The van der Waals surface area contributed by atoms with Gasteiger partial charge in [-0.25, -0.2) is 0 Å². The van der Waals surface area contributed by atoms with Gasteiger partial charge in [0.2, 0.25) is 0 Å². The number of benzene rings is 1. The van der Waals surface area contributed by atoms with Crippen molar-refractivity contribution in [3.8, 4) is 0 Å². The highest BCUT2D eigenvalue weighted by Gasteiger charge is 2.19. The van der Waals surface area contributed by atoms with Crippen LogP contribution in [0.2, 0.25) is 0 Å². The third kappa shape index (κ3) is 2.38. The Labute approximate surface area is 104 Å². The SMILES string of the molecule is Nc1ccc(C(=O)N2CCCCC2)c(Br)c1. The van der Waals surface area contributed by atoms with Crippen LogP contribution in [-0.4, -0.2) is 23.9 Å². The summed E-state index contributed by atoms with van der Waals surface area (Å²) in [7, 11) is 0. The van der Waals surface area contributed by atoms with Crippen LogP contribution < -0.4 is 5.73 Å². The Morgan fingerprint density at radius 3 is 2.56 bits per heavy atom. The van der Waals surface area contributed by atoms with E-state index in [9.17, 15) is 4.79 Å². The highest BCUT2D eigenvalue weighted by atomic mass is 79.9. The first-order valence-electron chi connectivity index (χ1n) is 5.53. The number of piperidine rings is 1. The number of hydrogen-bond acceptors (Lipinski definition) is 2. The predicted molar refractivity (Wildman–Crippen MR) is 68.3 cm³/mol. The van der Waals surface area contributed by atoms with Crippen LogP contribution in [0.25, 0.3) is 0 Å². The molecule has 1 aromatic rings. The van der Waals surface area contributed by atoms with Crippen molar-refractivity contribution in [2.24, 2.45) is 0 Å². The maximum Gasteiger partial charge on any atom is 0.254 e. The van der Waals surface area contributed by atoms with E-state index in [1.54, 1.807) is 18.2 Å². The monoisotopic (exact) mass is 282 g/mol. The minimum atomic E-state index is 0.103. The van der Waals surface area contributed by atoms with E-state index in [4.69, 9.17) is 5.73 Å². The third-order valence-electron chi connectivity index (χ3n) is 2.87. The summed E-state index contributed by atoms with van der Waals surface area (Å²) in [6, 6.07) is 5.33. The largest absolute Gasteiger partial charge is 0.399 e. The summed E-state index contributed by atoms with van der Waals surface area (Å²) in [6.07, 6.45) is 3.45. The molecule has 0 radical (unpaired) electrons. The molecular formula is C12H15BrN2O. The van der Waals surface area contributed by atoms with Gasteiger partial charge in [0.25, 0.3) is 5.91 Å². The van der Waals surface area contributed by atoms with E-state index >= 15 is 0 Å². The van der Waals surface area contributed by atoms with Crippen molar-refractivity contribution in [1.29, 1.82) is 0 Å². The van der Waals surface area contributed by atoms with Gasteiger partial charge in [-0.15, -0.1) is 0 Å². The fourth-order valence-electron chi connectivity index (χ4n) is 1.97. The molecule has 1 fully saturated rings. The highest BCUT2D eigenvalue weighted by Crippen LogP contribution is 2.22. The van der Waals surface area contributed by atoms with Crippen molar-refractivity contribution in [3.63, 3.8) is 0 Å². The second kappa shape index (κ2) is 4.87. The lowest BCUT2D eigenvalue weighted by Gasteiger charge is -2.27. The van der Waals surface area contributed by atoms with Gasteiger partial charge in [0.15, 0.2) is 0 Å². The second-order valence-electron chi connectivity index (χ2n) is 4.09. The van der Waals surface area contributed by atoms with E-state index in [1.807, 2.05) is 4.90 Å². The van der Waals surface area contributed by atoms with Gasteiger partial charge in [-0.3, -0.25) is 4.79 Å². The van der Waals surface area contributed by atoms with Gasteiger partial charge in [0, 0.05) is 23.2 Å². The number of hydrogen-bond donors (Lipinski definition) is 1. The molecular weight excluding hydrogens is 268 g/mol. The van der Waals surface area contributed by atoms with Crippen LogP contribution in [-0.2, 0) is 0 Å². The molecule has 2 rings (SSSR count). The number of halogens is 1. The Kier molecular flexibility index (Phi) is 3.49. The standard InChI is InChI=1S/C12H15BrN2O/c13-11-8-9(14)4-5-10(11)12(16)15-6-2-1-3-7-15/h4-5,8H,1-3,6-7,14H2. The first-order chi connectivity index (χ1) is 7.68. The van der Waals surface area contributed by atoms with Crippen LogP contribution >= 0.6 is 15.9 Å².